The molecular weight excluding hydrogens is 306 g/mol. The molecule has 0 saturated carbocycles. The largest absolute Gasteiger partial charge is 0.459 e. The van der Waals surface area contributed by atoms with Crippen molar-refractivity contribution in [2.24, 2.45) is 0 Å². The number of carbonyl (C=O) groups is 1. The first kappa shape index (κ1) is 14.2. The lowest BCUT2D eigenvalue weighted by Crippen LogP contribution is -2.22. The summed E-state index contributed by atoms with van der Waals surface area (Å²) in [6, 6.07) is 14.6. The highest BCUT2D eigenvalue weighted by molar-refractivity contribution is 5.91. The number of oxazole rings is 1. The van der Waals surface area contributed by atoms with E-state index in [1.54, 1.807) is 18.3 Å². The van der Waals surface area contributed by atoms with Crippen molar-refractivity contribution >= 4 is 17.1 Å². The molecule has 0 aliphatic heterocycles. The number of amides is 1. The van der Waals surface area contributed by atoms with Crippen LogP contribution in [0, 0.1) is 0 Å². The Bertz CT molecular complexity index is 939. The maximum absolute atomic E-state index is 11.8. The molecule has 0 aliphatic rings. The third-order valence-electron chi connectivity index (χ3n) is 3.56. The zero-order valence-electron chi connectivity index (χ0n) is 12.6. The molecule has 0 unspecified atom stereocenters. The standard InChI is InChI=1S/C18H13N3O3/c22-17(15-4-2-10-23-15)20-11-12-5-7-13(8-6-12)18-21-16-14(24-18)3-1-9-19-16/h1-10H,11H2,(H,20,22). The van der Waals surface area contributed by atoms with Crippen LogP contribution in [0.1, 0.15) is 16.1 Å². The van der Waals surface area contributed by atoms with Crippen molar-refractivity contribution in [2.45, 2.75) is 6.54 Å². The summed E-state index contributed by atoms with van der Waals surface area (Å²) in [6.07, 6.45) is 3.15. The molecule has 4 aromatic rings. The minimum absolute atomic E-state index is 0.242. The number of nitrogens with zero attached hydrogens (tertiary/aromatic N) is 2. The van der Waals surface area contributed by atoms with Crippen molar-refractivity contribution in [3.8, 4) is 11.5 Å². The van der Waals surface area contributed by atoms with Gasteiger partial charge in [0.05, 0.1) is 6.26 Å². The van der Waals surface area contributed by atoms with Crippen LogP contribution in [0.25, 0.3) is 22.7 Å². The molecule has 1 amide bonds. The Balaban J connectivity index is 1.47. The van der Waals surface area contributed by atoms with Crippen molar-refractivity contribution in [3.63, 3.8) is 0 Å². The van der Waals surface area contributed by atoms with Crippen LogP contribution in [0.3, 0.4) is 0 Å². The maximum Gasteiger partial charge on any atom is 0.287 e. The SMILES string of the molecule is O=C(NCc1ccc(-c2nc3ncccc3o2)cc1)c1ccco1. The average Bonchev–Trinajstić information content (AvgIpc) is 3.29. The second kappa shape index (κ2) is 6.00. The van der Waals surface area contributed by atoms with Gasteiger partial charge >= 0.3 is 0 Å². The smallest absolute Gasteiger partial charge is 0.287 e. The Morgan fingerprint density at radius 2 is 1.96 bits per heavy atom. The number of furan rings is 1. The molecule has 0 saturated heterocycles. The van der Waals surface area contributed by atoms with Gasteiger partial charge in [-0.2, -0.15) is 4.98 Å². The summed E-state index contributed by atoms with van der Waals surface area (Å²) in [5.74, 6) is 0.578. The third-order valence-corrected chi connectivity index (χ3v) is 3.56. The number of benzene rings is 1. The molecule has 1 N–H and O–H groups in total. The molecule has 0 radical (unpaired) electrons. The molecular formula is C18H13N3O3. The van der Waals surface area contributed by atoms with Gasteiger partial charge < -0.3 is 14.2 Å². The van der Waals surface area contributed by atoms with Crippen molar-refractivity contribution < 1.29 is 13.6 Å². The van der Waals surface area contributed by atoms with Gasteiger partial charge in [-0.1, -0.05) is 12.1 Å². The predicted molar refractivity (Wildman–Crippen MR) is 87.1 cm³/mol. The van der Waals surface area contributed by atoms with E-state index in [4.69, 9.17) is 8.83 Å². The summed E-state index contributed by atoms with van der Waals surface area (Å²) in [4.78, 5) is 20.3. The minimum Gasteiger partial charge on any atom is -0.459 e. The van der Waals surface area contributed by atoms with Gasteiger partial charge in [-0.15, -0.1) is 0 Å². The first-order chi connectivity index (χ1) is 11.8. The fourth-order valence-electron chi connectivity index (χ4n) is 2.33. The summed E-state index contributed by atoms with van der Waals surface area (Å²) in [5, 5.41) is 2.80. The molecule has 6 nitrogen and oxygen atoms in total. The Kier molecular flexibility index (Phi) is 3.55. The number of fused-ring (bicyclic) bond motifs is 1. The van der Waals surface area contributed by atoms with Crippen LogP contribution in [-0.2, 0) is 6.54 Å². The van der Waals surface area contributed by atoms with Crippen LogP contribution < -0.4 is 5.32 Å². The highest BCUT2D eigenvalue weighted by Crippen LogP contribution is 2.23. The number of rotatable bonds is 4. The molecule has 1 aromatic carbocycles. The predicted octanol–water partition coefficient (Wildman–Crippen LogP) is 3.41. The van der Waals surface area contributed by atoms with E-state index in [9.17, 15) is 4.79 Å². The van der Waals surface area contributed by atoms with Gasteiger partial charge in [-0.25, -0.2) is 4.98 Å². The van der Waals surface area contributed by atoms with Gasteiger partial charge in [0.25, 0.3) is 5.91 Å². The van der Waals surface area contributed by atoms with Gasteiger partial charge in [-0.3, -0.25) is 4.79 Å². The van der Waals surface area contributed by atoms with Gasteiger partial charge in [0, 0.05) is 18.3 Å². The third kappa shape index (κ3) is 2.77. The Morgan fingerprint density at radius 3 is 2.71 bits per heavy atom. The summed E-state index contributed by atoms with van der Waals surface area (Å²) < 4.78 is 10.7. The normalized spacial score (nSPS) is 10.8. The lowest BCUT2D eigenvalue weighted by Gasteiger charge is -2.04. The first-order valence-electron chi connectivity index (χ1n) is 7.42. The number of pyridine rings is 1. The second-order valence-electron chi connectivity index (χ2n) is 5.20. The minimum atomic E-state index is -0.242. The lowest BCUT2D eigenvalue weighted by molar-refractivity contribution is 0.0923. The molecule has 6 heteroatoms. The molecule has 24 heavy (non-hydrogen) atoms. The van der Waals surface area contributed by atoms with Crippen LogP contribution in [0.5, 0.6) is 0 Å². The summed E-state index contributed by atoms with van der Waals surface area (Å²) in [6.45, 7) is 0.412. The zero-order chi connectivity index (χ0) is 16.4. The molecule has 118 valence electrons. The number of nitrogens with one attached hydrogen (secondary N) is 1. The molecule has 0 spiro atoms. The molecule has 3 aromatic heterocycles. The van der Waals surface area contributed by atoms with Crippen LogP contribution in [0.15, 0.2) is 69.8 Å². The number of aromatic nitrogens is 2. The highest BCUT2D eigenvalue weighted by Gasteiger charge is 2.10. The fourth-order valence-corrected chi connectivity index (χ4v) is 2.33. The van der Waals surface area contributed by atoms with Crippen molar-refractivity contribution in [2.75, 3.05) is 0 Å². The van der Waals surface area contributed by atoms with Gasteiger partial charge in [0.1, 0.15) is 0 Å². The Hall–Kier alpha value is -3.41. The van der Waals surface area contributed by atoms with E-state index in [2.05, 4.69) is 15.3 Å². The summed E-state index contributed by atoms with van der Waals surface area (Å²) in [5.41, 5.74) is 3.06. The monoisotopic (exact) mass is 319 g/mol. The molecule has 0 bridgehead atoms. The number of carbonyl (C=O) groups excluding carboxylic acids is 1. The van der Waals surface area contributed by atoms with Crippen LogP contribution in [0.2, 0.25) is 0 Å². The Labute approximate surface area is 137 Å². The van der Waals surface area contributed by atoms with Crippen LogP contribution in [-0.4, -0.2) is 15.9 Å². The quantitative estimate of drug-likeness (QED) is 0.623. The summed E-state index contributed by atoms with van der Waals surface area (Å²) in [7, 11) is 0. The van der Waals surface area contributed by atoms with Crippen LogP contribution in [0.4, 0.5) is 0 Å². The van der Waals surface area contributed by atoms with E-state index >= 15 is 0 Å². The van der Waals surface area contributed by atoms with Gasteiger partial charge in [-0.05, 0) is 42.0 Å². The summed E-state index contributed by atoms with van der Waals surface area (Å²) >= 11 is 0. The molecule has 3 heterocycles. The lowest BCUT2D eigenvalue weighted by atomic mass is 10.1. The fraction of sp³-hybridized carbons (Fsp3) is 0.0556. The molecule has 0 fully saturated rings. The van der Waals surface area contributed by atoms with Crippen molar-refractivity contribution in [1.82, 2.24) is 15.3 Å². The van der Waals surface area contributed by atoms with E-state index in [-0.39, 0.29) is 5.91 Å². The highest BCUT2D eigenvalue weighted by atomic mass is 16.3. The topological polar surface area (TPSA) is 81.2 Å². The number of hydrogen-bond acceptors (Lipinski definition) is 5. The number of hydrogen-bond donors (Lipinski definition) is 1. The molecule has 4 rings (SSSR count). The van der Waals surface area contributed by atoms with E-state index in [1.165, 1.54) is 6.26 Å². The maximum atomic E-state index is 11.8. The van der Waals surface area contributed by atoms with Crippen LogP contribution >= 0.6 is 0 Å². The molecule has 0 aliphatic carbocycles. The van der Waals surface area contributed by atoms with Crippen molar-refractivity contribution in [3.05, 3.63) is 72.3 Å². The Morgan fingerprint density at radius 1 is 1.08 bits per heavy atom. The van der Waals surface area contributed by atoms with Gasteiger partial charge in [0.15, 0.2) is 17.0 Å². The van der Waals surface area contributed by atoms with E-state index in [0.29, 0.717) is 29.4 Å². The molecule has 0 atom stereocenters. The first-order valence-corrected chi connectivity index (χ1v) is 7.42. The van der Waals surface area contributed by atoms with Crippen molar-refractivity contribution in [1.29, 1.82) is 0 Å². The second-order valence-corrected chi connectivity index (χ2v) is 5.20. The van der Waals surface area contributed by atoms with E-state index in [0.717, 1.165) is 11.1 Å². The van der Waals surface area contributed by atoms with Gasteiger partial charge in [0.2, 0.25) is 5.89 Å². The van der Waals surface area contributed by atoms with E-state index < -0.39 is 0 Å². The average molecular weight is 319 g/mol. The zero-order valence-corrected chi connectivity index (χ0v) is 12.6. The van der Waals surface area contributed by atoms with E-state index in [1.807, 2.05) is 36.4 Å².